The van der Waals surface area contributed by atoms with Gasteiger partial charge in [0, 0.05) is 25.8 Å². The van der Waals surface area contributed by atoms with Crippen LogP contribution in [-0.2, 0) is 25.8 Å². The predicted octanol–water partition coefficient (Wildman–Crippen LogP) is 2.74. The maximum absolute atomic E-state index is 2.47. The maximum atomic E-state index is 2.47. The van der Waals surface area contributed by atoms with Gasteiger partial charge in [-0.05, 0) is 0 Å². The summed E-state index contributed by atoms with van der Waals surface area (Å²) in [6.07, 6.45) is 18.2. The third-order valence-corrected chi connectivity index (χ3v) is 7.56. The van der Waals surface area contributed by atoms with E-state index in [0.29, 0.717) is 0 Å². The largest absolute Gasteiger partial charge is 0 e. The van der Waals surface area contributed by atoms with Crippen molar-refractivity contribution in [1.29, 1.82) is 0 Å². The van der Waals surface area contributed by atoms with E-state index in [1.807, 2.05) is 0 Å². The Morgan fingerprint density at radius 3 is 1.50 bits per heavy atom. The molecule has 0 aromatic carbocycles. The van der Waals surface area contributed by atoms with Gasteiger partial charge < -0.3 is 0 Å². The minimum Gasteiger partial charge on any atom is 0 e. The number of rotatable bonds is 3. The fourth-order valence-electron chi connectivity index (χ4n) is 2.11. The van der Waals surface area contributed by atoms with Crippen molar-refractivity contribution in [2.24, 2.45) is 11.8 Å². The number of hydrogen-bond donors (Lipinski definition) is 0. The summed E-state index contributed by atoms with van der Waals surface area (Å²) in [4.78, 5) is 2.47. The van der Waals surface area contributed by atoms with Crippen molar-refractivity contribution in [2.75, 3.05) is 0 Å². The van der Waals surface area contributed by atoms with Gasteiger partial charge in [-0.15, -0.1) is 0 Å². The fraction of sp³-hybridized carbons (Fsp3) is 0.333. The zero-order valence-corrected chi connectivity index (χ0v) is 15.3. The summed E-state index contributed by atoms with van der Waals surface area (Å²) in [6.45, 7) is 0. The molecule has 0 unspecified atom stereocenters. The number of allylic oxidation sites excluding steroid dienone is 8. The van der Waals surface area contributed by atoms with Gasteiger partial charge >= 0.3 is 90.5 Å². The van der Waals surface area contributed by atoms with Crippen molar-refractivity contribution in [3.63, 3.8) is 0 Å². The van der Waals surface area contributed by atoms with Crippen molar-refractivity contribution in [3.05, 3.63) is 48.6 Å². The predicted molar refractivity (Wildman–Crippen MR) is 60.3 cm³/mol. The molecule has 0 aromatic heterocycles. The van der Waals surface area contributed by atoms with Crippen molar-refractivity contribution in [3.8, 4) is 0 Å². The summed E-state index contributed by atoms with van der Waals surface area (Å²) >= 11 is -0.372. The van der Waals surface area contributed by atoms with Crippen LogP contribution >= 0.6 is 0 Å². The molecule has 0 saturated heterocycles. The van der Waals surface area contributed by atoms with E-state index < -0.39 is 0 Å². The van der Waals surface area contributed by atoms with E-state index in [0.717, 1.165) is 15.8 Å². The molecule has 0 aliphatic heterocycles. The second-order valence-electron chi connectivity index (χ2n) is 3.60. The van der Waals surface area contributed by atoms with E-state index in [1.165, 1.54) is 0 Å². The quantitative estimate of drug-likeness (QED) is 0.573. The van der Waals surface area contributed by atoms with E-state index in [2.05, 4.69) is 53.5 Å². The minimum atomic E-state index is -0.372. The van der Waals surface area contributed by atoms with E-state index in [-0.39, 0.29) is 47.0 Å². The van der Waals surface area contributed by atoms with Crippen LogP contribution in [-0.4, -0.2) is 21.1 Å². The second kappa shape index (κ2) is 6.26. The zero-order chi connectivity index (χ0) is 9.10. The Hall–Kier alpha value is 0.629. The van der Waals surface area contributed by atoms with E-state index in [9.17, 15) is 0 Å². The summed E-state index contributed by atoms with van der Waals surface area (Å²) in [7, 11) is 0. The van der Waals surface area contributed by atoms with E-state index >= 15 is 0 Å². The topological polar surface area (TPSA) is 0 Å². The molecule has 2 rings (SSSR count). The summed E-state index contributed by atoms with van der Waals surface area (Å²) in [5.41, 5.74) is 0. The minimum absolute atomic E-state index is 0. The van der Waals surface area contributed by atoms with E-state index in [1.54, 1.807) is 0 Å². The van der Waals surface area contributed by atoms with Gasteiger partial charge in [0.05, 0.1) is 0 Å². The van der Waals surface area contributed by atoms with Crippen LogP contribution in [0.4, 0.5) is 0 Å². The standard InChI is InChI=1S/C11H11.CH3.Hf.Sn.H/c1-2-6-10(5-1)9-11-7-3-4-8-11;;;;/h1-11H;1H3;;;. The SMILES string of the molecule is [CH3][SnH][CH](C1C=CC=C1)C1C=CC=C1.[Hf]. The summed E-state index contributed by atoms with van der Waals surface area (Å²) in [6, 6.07) is 0. The Balaban J connectivity index is 0.000000980. The average Bonchev–Trinajstić information content (AvgIpc) is 2.76. The van der Waals surface area contributed by atoms with Gasteiger partial charge in [0.25, 0.3) is 0 Å². The van der Waals surface area contributed by atoms with E-state index in [4.69, 9.17) is 0 Å². The Labute approximate surface area is 115 Å². The van der Waals surface area contributed by atoms with Crippen LogP contribution in [0.15, 0.2) is 48.6 Å². The smallest absolute Gasteiger partial charge is 0 e. The van der Waals surface area contributed by atoms with Crippen molar-refractivity contribution >= 4 is 21.1 Å². The van der Waals surface area contributed by atoms with Crippen LogP contribution in [0.25, 0.3) is 0 Å². The second-order valence-corrected chi connectivity index (χ2v) is 7.70. The molecule has 0 aromatic rings. The Bertz CT molecular complexity index is 237. The summed E-state index contributed by atoms with van der Waals surface area (Å²) in [5, 5.41) is 0. The third kappa shape index (κ3) is 2.82. The van der Waals surface area contributed by atoms with Gasteiger partial charge in [0.15, 0.2) is 0 Å². The third-order valence-electron chi connectivity index (χ3n) is 2.83. The Morgan fingerprint density at radius 2 is 1.21 bits per heavy atom. The van der Waals surface area contributed by atoms with Gasteiger partial charge in [0.1, 0.15) is 0 Å². The van der Waals surface area contributed by atoms with Crippen LogP contribution in [0.1, 0.15) is 0 Å². The molecule has 14 heavy (non-hydrogen) atoms. The molecule has 0 heterocycles. The summed E-state index contributed by atoms with van der Waals surface area (Å²) < 4.78 is 0.945. The Kier molecular flexibility index (Phi) is 5.68. The van der Waals surface area contributed by atoms with Crippen molar-refractivity contribution in [2.45, 2.75) is 8.87 Å². The molecule has 0 saturated carbocycles. The van der Waals surface area contributed by atoms with Gasteiger partial charge in [-0.25, -0.2) is 0 Å². The average molecular weight is 456 g/mol. The maximum Gasteiger partial charge on any atom is 0 e. The molecule has 71 valence electrons. The van der Waals surface area contributed by atoms with Crippen LogP contribution in [0.2, 0.25) is 8.87 Å². The van der Waals surface area contributed by atoms with Crippen molar-refractivity contribution in [1.82, 2.24) is 0 Å². The molecule has 0 spiro atoms. The molecule has 2 heteroatoms. The first-order valence-corrected chi connectivity index (χ1v) is 10.1. The molecule has 0 atom stereocenters. The number of hydrogen-bond acceptors (Lipinski definition) is 0. The Morgan fingerprint density at radius 1 is 0.857 bits per heavy atom. The first kappa shape index (κ1) is 12.7. The van der Waals surface area contributed by atoms with Gasteiger partial charge in [-0.2, -0.15) is 0 Å². The molecular formula is C12H15HfSn. The molecule has 2 aliphatic rings. The first-order valence-electron chi connectivity index (χ1n) is 4.91. The normalized spacial score (nSPS) is 19.9. The zero-order valence-electron chi connectivity index (χ0n) is 8.43. The molecule has 0 bridgehead atoms. The molecule has 0 N–H and O–H groups in total. The van der Waals surface area contributed by atoms with Crippen LogP contribution < -0.4 is 0 Å². The molecule has 0 nitrogen and oxygen atoms in total. The first-order chi connectivity index (χ1) is 6.42. The monoisotopic (exact) mass is 459 g/mol. The summed E-state index contributed by atoms with van der Waals surface area (Å²) in [5.74, 6) is 1.48. The van der Waals surface area contributed by atoms with Gasteiger partial charge in [-0.3, -0.25) is 0 Å². The van der Waals surface area contributed by atoms with Gasteiger partial charge in [0.2, 0.25) is 0 Å². The van der Waals surface area contributed by atoms with Crippen LogP contribution in [0.5, 0.6) is 0 Å². The molecule has 1 radical (unpaired) electrons. The van der Waals surface area contributed by atoms with Crippen molar-refractivity contribution < 1.29 is 25.8 Å². The molecular weight excluding hydrogens is 441 g/mol. The fourth-order valence-corrected chi connectivity index (χ4v) is 6.11. The van der Waals surface area contributed by atoms with Crippen LogP contribution in [0, 0.1) is 11.8 Å². The van der Waals surface area contributed by atoms with Gasteiger partial charge in [-0.1, -0.05) is 0 Å². The molecule has 0 amide bonds. The molecule has 2 aliphatic carbocycles. The van der Waals surface area contributed by atoms with Crippen LogP contribution in [0.3, 0.4) is 0 Å². The molecule has 0 fully saturated rings.